The van der Waals surface area contributed by atoms with Crippen LogP contribution in [0.3, 0.4) is 0 Å². The van der Waals surface area contributed by atoms with Crippen LogP contribution in [-0.2, 0) is 16.0 Å². The predicted molar refractivity (Wildman–Crippen MR) is 120 cm³/mol. The van der Waals surface area contributed by atoms with Gasteiger partial charge in [0.25, 0.3) is 5.91 Å². The van der Waals surface area contributed by atoms with E-state index < -0.39 is 0 Å². The van der Waals surface area contributed by atoms with Gasteiger partial charge >= 0.3 is 0 Å². The van der Waals surface area contributed by atoms with Gasteiger partial charge in [-0.3, -0.25) is 14.4 Å². The number of rotatable bonds is 11. The van der Waals surface area contributed by atoms with Gasteiger partial charge in [-0.25, -0.2) is 4.98 Å². The van der Waals surface area contributed by atoms with Crippen LogP contribution in [0.15, 0.2) is 35.7 Å². The van der Waals surface area contributed by atoms with Crippen LogP contribution in [-0.4, -0.2) is 47.2 Å². The van der Waals surface area contributed by atoms with Crippen molar-refractivity contribution in [2.75, 3.05) is 25.0 Å². The van der Waals surface area contributed by atoms with Gasteiger partial charge in [0.2, 0.25) is 11.8 Å². The molecule has 3 amide bonds. The van der Waals surface area contributed by atoms with E-state index in [0.29, 0.717) is 29.5 Å². The molecule has 0 aliphatic heterocycles. The summed E-state index contributed by atoms with van der Waals surface area (Å²) in [6.07, 6.45) is 2.15. The molecule has 0 fully saturated rings. The highest BCUT2D eigenvalue weighted by molar-refractivity contribution is 7.13. The molecule has 0 saturated heterocycles. The highest BCUT2D eigenvalue weighted by Gasteiger charge is 2.20. The maximum atomic E-state index is 12.8. The molecule has 30 heavy (non-hydrogen) atoms. The number of aromatic nitrogens is 1. The molecule has 0 radical (unpaired) electrons. The van der Waals surface area contributed by atoms with E-state index in [9.17, 15) is 14.4 Å². The lowest BCUT2D eigenvalue weighted by atomic mass is 10.1. The number of benzene rings is 1. The molecule has 0 spiro atoms. The molecular formula is C22H30N4O3S. The first-order valence-corrected chi connectivity index (χ1v) is 11.1. The number of unbranched alkanes of at least 4 members (excludes halogenated alkanes) is 1. The summed E-state index contributed by atoms with van der Waals surface area (Å²) in [4.78, 5) is 43.1. The minimum atomic E-state index is -0.312. The smallest absolute Gasteiger partial charge is 0.254 e. The summed E-state index contributed by atoms with van der Waals surface area (Å²) in [5.74, 6) is -0.345. The molecule has 0 aliphatic carbocycles. The monoisotopic (exact) mass is 430 g/mol. The summed E-state index contributed by atoms with van der Waals surface area (Å²) in [5, 5.41) is 7.77. The molecule has 0 unspecified atom stereocenters. The Kier molecular flexibility index (Phi) is 9.47. The van der Waals surface area contributed by atoms with Crippen molar-refractivity contribution in [1.82, 2.24) is 15.2 Å². The van der Waals surface area contributed by atoms with Crippen molar-refractivity contribution in [3.05, 3.63) is 47.0 Å². The number of hydrogen-bond acceptors (Lipinski definition) is 5. The van der Waals surface area contributed by atoms with Crippen LogP contribution >= 0.6 is 11.3 Å². The van der Waals surface area contributed by atoms with Crippen LogP contribution in [0.5, 0.6) is 0 Å². The zero-order chi connectivity index (χ0) is 21.9. The molecular weight excluding hydrogens is 400 g/mol. The number of nitrogens with one attached hydrogen (secondary N) is 2. The molecule has 2 N–H and O–H groups in total. The van der Waals surface area contributed by atoms with Gasteiger partial charge in [-0.2, -0.15) is 0 Å². The fourth-order valence-electron chi connectivity index (χ4n) is 2.83. The molecule has 0 atom stereocenters. The SMILES string of the molecule is CCCCNC(=O)Cc1csc(NC(=O)CN(CC(C)C)C(=O)c2ccccc2)n1. The lowest BCUT2D eigenvalue weighted by Crippen LogP contribution is -2.40. The van der Waals surface area contributed by atoms with Crippen molar-refractivity contribution in [1.29, 1.82) is 0 Å². The quantitative estimate of drug-likeness (QED) is 0.535. The summed E-state index contributed by atoms with van der Waals surface area (Å²) in [5.41, 5.74) is 1.17. The molecule has 7 nitrogen and oxygen atoms in total. The van der Waals surface area contributed by atoms with Crippen molar-refractivity contribution >= 4 is 34.2 Å². The van der Waals surface area contributed by atoms with Gasteiger partial charge in [-0.1, -0.05) is 45.4 Å². The van der Waals surface area contributed by atoms with Crippen molar-refractivity contribution in [2.24, 2.45) is 5.92 Å². The van der Waals surface area contributed by atoms with Crippen molar-refractivity contribution in [2.45, 2.75) is 40.0 Å². The number of hydrogen-bond donors (Lipinski definition) is 2. The summed E-state index contributed by atoms with van der Waals surface area (Å²) in [6.45, 7) is 7.14. The highest BCUT2D eigenvalue weighted by atomic mass is 32.1. The van der Waals surface area contributed by atoms with Crippen LogP contribution < -0.4 is 10.6 Å². The van der Waals surface area contributed by atoms with E-state index in [2.05, 4.69) is 22.5 Å². The minimum Gasteiger partial charge on any atom is -0.356 e. The maximum absolute atomic E-state index is 12.8. The first-order chi connectivity index (χ1) is 14.4. The minimum absolute atomic E-state index is 0.0572. The molecule has 8 heteroatoms. The number of thiazole rings is 1. The first kappa shape index (κ1) is 23.5. The molecule has 2 rings (SSSR count). The van der Waals surface area contributed by atoms with Gasteiger partial charge < -0.3 is 15.5 Å². The summed E-state index contributed by atoms with van der Waals surface area (Å²) in [6, 6.07) is 8.94. The average Bonchev–Trinajstić information content (AvgIpc) is 3.13. The molecule has 2 aromatic rings. The topological polar surface area (TPSA) is 91.4 Å². The summed E-state index contributed by atoms with van der Waals surface area (Å²) >= 11 is 1.27. The lowest BCUT2D eigenvalue weighted by Gasteiger charge is -2.24. The Balaban J connectivity index is 1.93. The summed E-state index contributed by atoms with van der Waals surface area (Å²) in [7, 11) is 0. The van der Waals surface area contributed by atoms with E-state index in [4.69, 9.17) is 0 Å². The van der Waals surface area contributed by atoms with Crippen LogP contribution in [0.1, 0.15) is 49.7 Å². The number of nitrogens with zero attached hydrogens (tertiary/aromatic N) is 2. The number of anilines is 1. The summed E-state index contributed by atoms with van der Waals surface area (Å²) < 4.78 is 0. The second-order valence-electron chi connectivity index (χ2n) is 7.52. The zero-order valence-corrected chi connectivity index (χ0v) is 18.6. The Morgan fingerprint density at radius 3 is 2.53 bits per heavy atom. The van der Waals surface area contributed by atoms with E-state index in [-0.39, 0.29) is 36.6 Å². The van der Waals surface area contributed by atoms with E-state index >= 15 is 0 Å². The van der Waals surface area contributed by atoms with Gasteiger partial charge in [0.05, 0.1) is 12.1 Å². The predicted octanol–water partition coefficient (Wildman–Crippen LogP) is 3.34. The lowest BCUT2D eigenvalue weighted by molar-refractivity contribution is -0.120. The molecule has 0 aliphatic rings. The van der Waals surface area contributed by atoms with Gasteiger partial charge in [-0.15, -0.1) is 11.3 Å². The Morgan fingerprint density at radius 1 is 1.13 bits per heavy atom. The molecule has 1 aromatic heterocycles. The Morgan fingerprint density at radius 2 is 1.87 bits per heavy atom. The Bertz CT molecular complexity index is 836. The molecule has 1 heterocycles. The molecule has 0 saturated carbocycles. The highest BCUT2D eigenvalue weighted by Crippen LogP contribution is 2.16. The van der Waals surface area contributed by atoms with E-state index in [1.807, 2.05) is 19.9 Å². The van der Waals surface area contributed by atoms with Crippen LogP contribution in [0.2, 0.25) is 0 Å². The van der Waals surface area contributed by atoms with Gasteiger partial charge in [0, 0.05) is 24.0 Å². The molecule has 1 aromatic carbocycles. The number of amides is 3. The molecule has 162 valence electrons. The first-order valence-electron chi connectivity index (χ1n) is 10.2. The Labute approximate surface area is 181 Å². The van der Waals surface area contributed by atoms with Gasteiger partial charge in [-0.05, 0) is 24.5 Å². The van der Waals surface area contributed by atoms with Crippen LogP contribution in [0.25, 0.3) is 0 Å². The van der Waals surface area contributed by atoms with Crippen LogP contribution in [0.4, 0.5) is 5.13 Å². The second kappa shape index (κ2) is 12.1. The van der Waals surface area contributed by atoms with Crippen molar-refractivity contribution < 1.29 is 14.4 Å². The third-order valence-electron chi connectivity index (χ3n) is 4.22. The van der Waals surface area contributed by atoms with Gasteiger partial charge in [0.15, 0.2) is 5.13 Å². The fourth-order valence-corrected chi connectivity index (χ4v) is 3.56. The Hall–Kier alpha value is -2.74. The van der Waals surface area contributed by atoms with E-state index in [1.165, 1.54) is 11.3 Å². The van der Waals surface area contributed by atoms with E-state index in [1.54, 1.807) is 34.5 Å². The van der Waals surface area contributed by atoms with E-state index in [0.717, 1.165) is 12.8 Å². The third kappa shape index (κ3) is 7.94. The van der Waals surface area contributed by atoms with Crippen molar-refractivity contribution in [3.63, 3.8) is 0 Å². The zero-order valence-electron chi connectivity index (χ0n) is 17.8. The maximum Gasteiger partial charge on any atom is 0.254 e. The second-order valence-corrected chi connectivity index (χ2v) is 8.38. The van der Waals surface area contributed by atoms with Gasteiger partial charge in [0.1, 0.15) is 6.54 Å². The average molecular weight is 431 g/mol. The number of carbonyl (C=O) groups is 3. The standard InChI is InChI=1S/C22H30N4O3S/c1-4-5-11-23-19(27)12-18-15-30-22(24-18)25-20(28)14-26(13-16(2)3)21(29)17-9-7-6-8-10-17/h6-10,15-16H,4-5,11-14H2,1-3H3,(H,23,27)(H,24,25,28). The fraction of sp³-hybridized carbons (Fsp3) is 0.455. The normalized spacial score (nSPS) is 10.7. The molecule has 0 bridgehead atoms. The third-order valence-corrected chi connectivity index (χ3v) is 5.03. The largest absolute Gasteiger partial charge is 0.356 e. The van der Waals surface area contributed by atoms with Crippen molar-refractivity contribution in [3.8, 4) is 0 Å². The van der Waals surface area contributed by atoms with Crippen LogP contribution in [0, 0.1) is 5.92 Å². The number of carbonyl (C=O) groups excluding carboxylic acids is 3.